The molecule has 0 aromatic heterocycles. The quantitative estimate of drug-likeness (QED) is 0.337. The molecule has 7 nitrogen and oxygen atoms in total. The Morgan fingerprint density at radius 2 is 1.61 bits per heavy atom. The molecule has 8 rings (SSSR count). The maximum Gasteiger partial charge on any atom is 0.231 e. The molecule has 2 heterocycles. The number of carbonyl (C=O) groups is 4. The lowest BCUT2D eigenvalue weighted by molar-refractivity contribution is -0.136. The monoisotopic (exact) mass is 583 g/mol. The standard InChI is InChI=1S/C37H29NO6/c39-24-11-14-30-21(16-24)15-22(19-44-30)33-25-12-13-26-32(36(43)38-35(26)42)28(25)17-29-34(41)27(20-7-3-1-4-8-20)18-31(40)37(29,33)23-9-5-2-6-10-23/h1-12,14,16,18-19,26,28-29,32-33,39H,13,15,17H2,(H,38,42,43). The molecule has 2 amide bonds. The van der Waals surface area contributed by atoms with Gasteiger partial charge in [0.1, 0.15) is 11.5 Å². The first-order valence-corrected chi connectivity index (χ1v) is 15.0. The highest BCUT2D eigenvalue weighted by Gasteiger charge is 2.65. The molecule has 44 heavy (non-hydrogen) atoms. The number of aromatic hydroxyl groups is 1. The number of nitrogens with one attached hydrogen (secondary N) is 1. The van der Waals surface area contributed by atoms with Crippen LogP contribution >= 0.6 is 0 Å². The Morgan fingerprint density at radius 1 is 0.864 bits per heavy atom. The number of phenolic OH excluding ortho intramolecular Hbond substituents is 1. The average Bonchev–Trinajstić information content (AvgIpc) is 3.35. The molecular formula is C37H29NO6. The summed E-state index contributed by atoms with van der Waals surface area (Å²) >= 11 is 0. The van der Waals surface area contributed by atoms with Crippen LogP contribution in [-0.2, 0) is 31.0 Å². The van der Waals surface area contributed by atoms with Gasteiger partial charge in [0.15, 0.2) is 11.6 Å². The number of hydrogen-bond acceptors (Lipinski definition) is 6. The number of carbonyl (C=O) groups excluding carboxylic acids is 4. The van der Waals surface area contributed by atoms with Crippen molar-refractivity contribution in [2.45, 2.75) is 24.7 Å². The first-order valence-electron chi connectivity index (χ1n) is 15.0. The fourth-order valence-corrected chi connectivity index (χ4v) is 8.60. The number of ketones is 2. The summed E-state index contributed by atoms with van der Waals surface area (Å²) in [5.74, 6) is -3.15. The van der Waals surface area contributed by atoms with Crippen LogP contribution in [0.15, 0.2) is 108 Å². The number of ether oxygens (including phenoxy) is 1. The molecule has 1 saturated carbocycles. The summed E-state index contributed by atoms with van der Waals surface area (Å²) in [5.41, 5.74) is 2.91. The third-order valence-corrected chi connectivity index (χ3v) is 10.4. The van der Waals surface area contributed by atoms with Crippen molar-refractivity contribution in [3.8, 4) is 11.5 Å². The minimum Gasteiger partial charge on any atom is -0.508 e. The van der Waals surface area contributed by atoms with Crippen LogP contribution in [0.5, 0.6) is 11.5 Å². The molecule has 1 saturated heterocycles. The Balaban J connectivity index is 1.38. The molecule has 3 aliphatic carbocycles. The molecule has 5 aliphatic rings. The second-order valence-electron chi connectivity index (χ2n) is 12.4. The SMILES string of the molecule is O=C1NC(=O)C2C1CC=C1C2CC2C(=O)C(c3ccccc3)=CC(=O)C2(c2ccccc2)C1C1=COc2ccc(O)cc2C1. The number of allylic oxidation sites excluding steroid dienone is 5. The van der Waals surface area contributed by atoms with Gasteiger partial charge in [-0.3, -0.25) is 24.5 Å². The third-order valence-electron chi connectivity index (χ3n) is 10.4. The molecular weight excluding hydrogens is 554 g/mol. The molecule has 218 valence electrons. The third kappa shape index (κ3) is 3.68. The Kier molecular flexibility index (Phi) is 5.88. The van der Waals surface area contributed by atoms with Gasteiger partial charge in [0.25, 0.3) is 0 Å². The maximum atomic E-state index is 15.0. The van der Waals surface area contributed by atoms with Gasteiger partial charge in [-0.2, -0.15) is 0 Å². The molecule has 3 aromatic rings. The highest BCUT2D eigenvalue weighted by atomic mass is 16.5. The van der Waals surface area contributed by atoms with Crippen molar-refractivity contribution in [3.63, 3.8) is 0 Å². The van der Waals surface area contributed by atoms with E-state index in [-0.39, 0.29) is 35.6 Å². The van der Waals surface area contributed by atoms with Gasteiger partial charge in [0.05, 0.1) is 23.5 Å². The molecule has 3 aromatic carbocycles. The van der Waals surface area contributed by atoms with Gasteiger partial charge in [-0.1, -0.05) is 72.3 Å². The van der Waals surface area contributed by atoms with Crippen molar-refractivity contribution in [1.29, 1.82) is 0 Å². The smallest absolute Gasteiger partial charge is 0.231 e. The lowest BCUT2D eigenvalue weighted by Crippen LogP contribution is -2.60. The summed E-state index contributed by atoms with van der Waals surface area (Å²) in [6, 6.07) is 23.6. The molecule has 2 N–H and O–H groups in total. The molecule has 0 bridgehead atoms. The molecule has 0 spiro atoms. The van der Waals surface area contributed by atoms with E-state index in [2.05, 4.69) is 5.32 Å². The van der Waals surface area contributed by atoms with E-state index in [9.17, 15) is 24.3 Å². The predicted molar refractivity (Wildman–Crippen MR) is 161 cm³/mol. The first-order chi connectivity index (χ1) is 21.4. The summed E-state index contributed by atoms with van der Waals surface area (Å²) < 4.78 is 6.12. The number of fused-ring (bicyclic) bond motifs is 5. The van der Waals surface area contributed by atoms with Crippen LogP contribution in [0, 0.1) is 29.6 Å². The van der Waals surface area contributed by atoms with Crippen LogP contribution in [-0.4, -0.2) is 28.5 Å². The predicted octanol–water partition coefficient (Wildman–Crippen LogP) is 4.86. The number of phenols is 1. The number of rotatable bonds is 3. The van der Waals surface area contributed by atoms with Crippen molar-refractivity contribution in [3.05, 3.63) is 125 Å². The number of hydrogen-bond donors (Lipinski definition) is 2. The molecule has 6 unspecified atom stereocenters. The second-order valence-corrected chi connectivity index (χ2v) is 12.4. The van der Waals surface area contributed by atoms with Gasteiger partial charge in [-0.15, -0.1) is 0 Å². The zero-order valence-corrected chi connectivity index (χ0v) is 23.7. The van der Waals surface area contributed by atoms with E-state index in [1.807, 2.05) is 66.7 Å². The van der Waals surface area contributed by atoms with Crippen LogP contribution in [0.1, 0.15) is 29.5 Å². The summed E-state index contributed by atoms with van der Waals surface area (Å²) in [7, 11) is 0. The minimum absolute atomic E-state index is 0.103. The van der Waals surface area contributed by atoms with E-state index in [1.165, 1.54) is 6.08 Å². The van der Waals surface area contributed by atoms with Crippen LogP contribution in [0.4, 0.5) is 0 Å². The van der Waals surface area contributed by atoms with E-state index in [0.29, 0.717) is 29.7 Å². The minimum atomic E-state index is -1.30. The van der Waals surface area contributed by atoms with Gasteiger partial charge < -0.3 is 9.84 Å². The molecule has 2 aliphatic heterocycles. The van der Waals surface area contributed by atoms with E-state index < -0.39 is 35.0 Å². The van der Waals surface area contributed by atoms with Crippen LogP contribution < -0.4 is 10.1 Å². The number of amides is 2. The maximum absolute atomic E-state index is 15.0. The topological polar surface area (TPSA) is 110 Å². The van der Waals surface area contributed by atoms with Crippen LogP contribution in [0.3, 0.4) is 0 Å². The van der Waals surface area contributed by atoms with Crippen molar-refractivity contribution >= 4 is 29.0 Å². The van der Waals surface area contributed by atoms with Crippen molar-refractivity contribution in [1.82, 2.24) is 5.32 Å². The van der Waals surface area contributed by atoms with E-state index in [0.717, 1.165) is 22.3 Å². The first kappa shape index (κ1) is 26.6. The molecule has 7 heteroatoms. The van der Waals surface area contributed by atoms with Gasteiger partial charge in [-0.05, 0) is 59.7 Å². The molecule has 6 atom stereocenters. The van der Waals surface area contributed by atoms with Crippen LogP contribution in [0.2, 0.25) is 0 Å². The highest BCUT2D eigenvalue weighted by Crippen LogP contribution is 2.62. The second kappa shape index (κ2) is 9.74. The molecule has 0 radical (unpaired) electrons. The Hall–Kier alpha value is -5.04. The zero-order valence-electron chi connectivity index (χ0n) is 23.7. The Labute approximate surface area is 253 Å². The summed E-state index contributed by atoms with van der Waals surface area (Å²) in [6.45, 7) is 0. The average molecular weight is 584 g/mol. The van der Waals surface area contributed by atoms with E-state index in [4.69, 9.17) is 4.74 Å². The number of imide groups is 1. The van der Waals surface area contributed by atoms with E-state index >= 15 is 0 Å². The van der Waals surface area contributed by atoms with Crippen LogP contribution in [0.25, 0.3) is 5.57 Å². The van der Waals surface area contributed by atoms with Gasteiger partial charge in [0.2, 0.25) is 11.8 Å². The largest absolute Gasteiger partial charge is 0.508 e. The Morgan fingerprint density at radius 3 is 2.39 bits per heavy atom. The van der Waals surface area contributed by atoms with E-state index in [1.54, 1.807) is 24.5 Å². The fourth-order valence-electron chi connectivity index (χ4n) is 8.60. The van der Waals surface area contributed by atoms with Gasteiger partial charge in [-0.25, -0.2) is 0 Å². The lowest BCUT2D eigenvalue weighted by Gasteiger charge is -2.56. The van der Waals surface area contributed by atoms with Crippen molar-refractivity contribution in [2.75, 3.05) is 0 Å². The van der Waals surface area contributed by atoms with Gasteiger partial charge >= 0.3 is 0 Å². The summed E-state index contributed by atoms with van der Waals surface area (Å²) in [4.78, 5) is 55.9. The number of benzene rings is 3. The summed E-state index contributed by atoms with van der Waals surface area (Å²) in [5, 5.41) is 12.8. The molecule has 2 fully saturated rings. The summed E-state index contributed by atoms with van der Waals surface area (Å²) in [6.07, 6.45) is 6.24. The Bertz CT molecular complexity index is 1850. The lowest BCUT2D eigenvalue weighted by atomic mass is 9.44. The number of Topliss-reactive ketones (excluding diaryl/α,β-unsaturated/α-hetero) is 1. The van der Waals surface area contributed by atoms with Crippen molar-refractivity contribution in [2.24, 2.45) is 29.6 Å². The zero-order chi connectivity index (χ0) is 30.2. The van der Waals surface area contributed by atoms with Crippen molar-refractivity contribution < 1.29 is 29.0 Å². The fraction of sp³-hybridized carbons (Fsp3) is 0.243. The van der Waals surface area contributed by atoms with Gasteiger partial charge in [0, 0.05) is 29.4 Å². The highest BCUT2D eigenvalue weighted by molar-refractivity contribution is 6.31. The normalized spacial score (nSPS) is 30.5.